The predicted molar refractivity (Wildman–Crippen MR) is 196 cm³/mol. The molecule has 3 saturated carbocycles. The number of fused-ring (bicyclic) bond motifs is 1. The number of piperazine rings is 1. The van der Waals surface area contributed by atoms with Crippen LogP contribution in [0.4, 0.5) is 0 Å². The molecule has 3 aromatic rings. The maximum Gasteiger partial charge on any atom is 0.289 e. The largest absolute Gasteiger partial charge is 0.459 e. The van der Waals surface area contributed by atoms with Gasteiger partial charge in [0.05, 0.1) is 18.0 Å². The smallest absolute Gasteiger partial charge is 0.289 e. The van der Waals surface area contributed by atoms with Crippen LogP contribution < -0.4 is 0 Å². The normalized spacial score (nSPS) is 38.5. The van der Waals surface area contributed by atoms with Gasteiger partial charge in [0.25, 0.3) is 5.91 Å². The lowest BCUT2D eigenvalue weighted by Crippen LogP contribution is -2.67. The number of aliphatic hydroxyl groups excluding tert-OH is 1. The molecule has 7 nitrogen and oxygen atoms in total. The van der Waals surface area contributed by atoms with Crippen LogP contribution in [0.5, 0.6) is 0 Å². The molecular formula is C44H50N2O5. The number of hydrogen-bond acceptors (Lipinski definition) is 6. The van der Waals surface area contributed by atoms with Gasteiger partial charge < -0.3 is 19.5 Å². The number of carbonyl (C=O) groups is 2. The summed E-state index contributed by atoms with van der Waals surface area (Å²) in [6.07, 6.45) is 14.0. The van der Waals surface area contributed by atoms with Crippen molar-refractivity contribution >= 4 is 11.7 Å². The van der Waals surface area contributed by atoms with Crippen molar-refractivity contribution in [1.82, 2.24) is 9.80 Å². The third kappa shape index (κ3) is 4.66. The van der Waals surface area contributed by atoms with E-state index in [1.165, 1.54) is 6.26 Å². The first-order chi connectivity index (χ1) is 24.5. The number of hydrogen-bond donors (Lipinski definition) is 2. The summed E-state index contributed by atoms with van der Waals surface area (Å²) in [5.41, 5.74) is 1.57. The molecule has 2 bridgehead atoms. The Hall–Kier alpha value is -3.78. The number of Topliss-reactive ketones (excluding diaryl/α,β-unsaturated/α-hetero) is 1. The van der Waals surface area contributed by atoms with Gasteiger partial charge in [-0.3, -0.25) is 14.5 Å². The van der Waals surface area contributed by atoms with E-state index in [4.69, 9.17) is 4.42 Å². The zero-order valence-corrected chi connectivity index (χ0v) is 29.9. The Kier molecular flexibility index (Phi) is 7.53. The Bertz CT molecular complexity index is 1890. The van der Waals surface area contributed by atoms with Gasteiger partial charge in [-0.25, -0.2) is 0 Å². The minimum atomic E-state index is -0.917. The van der Waals surface area contributed by atoms with Gasteiger partial charge in [-0.05, 0) is 85.5 Å². The molecule has 2 heterocycles. The molecular weight excluding hydrogens is 636 g/mol. The maximum atomic E-state index is 15.0. The van der Waals surface area contributed by atoms with E-state index in [0.717, 1.165) is 48.8 Å². The second kappa shape index (κ2) is 11.6. The number of nitrogens with zero attached hydrogens (tertiary/aromatic N) is 2. The molecule has 51 heavy (non-hydrogen) atoms. The second-order valence-corrected chi connectivity index (χ2v) is 17.1. The number of furan rings is 1. The maximum absolute atomic E-state index is 15.0. The molecule has 2 spiro atoms. The summed E-state index contributed by atoms with van der Waals surface area (Å²) in [5, 5.41) is 23.9. The van der Waals surface area contributed by atoms with Crippen LogP contribution in [0.2, 0.25) is 0 Å². The van der Waals surface area contributed by atoms with Crippen molar-refractivity contribution in [3.8, 4) is 11.1 Å². The average molecular weight is 687 g/mol. The minimum absolute atomic E-state index is 0.0686. The Morgan fingerprint density at radius 2 is 1.49 bits per heavy atom. The Balaban J connectivity index is 1.04. The van der Waals surface area contributed by atoms with E-state index >= 15 is 4.79 Å². The lowest BCUT2D eigenvalue weighted by atomic mass is 9.32. The molecule has 8 atom stereocenters. The van der Waals surface area contributed by atoms with E-state index in [1.54, 1.807) is 12.1 Å². The number of carbonyl (C=O) groups excluding carboxylic acids is 2. The molecule has 0 radical (unpaired) electrons. The molecule has 7 heteroatoms. The summed E-state index contributed by atoms with van der Waals surface area (Å²) < 4.78 is 5.37. The van der Waals surface area contributed by atoms with Crippen LogP contribution in [-0.2, 0) is 0 Å². The number of aliphatic hydroxyl groups is 2. The van der Waals surface area contributed by atoms with Crippen LogP contribution >= 0.6 is 0 Å². The number of amides is 1. The second-order valence-electron chi connectivity index (χ2n) is 17.1. The monoisotopic (exact) mass is 686 g/mol. The van der Waals surface area contributed by atoms with E-state index in [0.29, 0.717) is 56.9 Å². The molecule has 7 aliphatic rings. The van der Waals surface area contributed by atoms with Crippen molar-refractivity contribution in [2.24, 2.45) is 33.5 Å². The first-order valence-corrected chi connectivity index (χ1v) is 19.1. The highest BCUT2D eigenvalue weighted by atomic mass is 16.3. The lowest BCUT2D eigenvalue weighted by Gasteiger charge is -2.71. The van der Waals surface area contributed by atoms with Gasteiger partial charge >= 0.3 is 0 Å². The third-order valence-electron chi connectivity index (χ3n) is 15.1. The number of rotatable bonds is 6. The Labute approximate surface area is 301 Å². The molecule has 2 aromatic carbocycles. The molecule has 8 unspecified atom stereocenters. The average Bonchev–Trinajstić information content (AvgIpc) is 3.78. The van der Waals surface area contributed by atoms with Gasteiger partial charge in [-0.2, -0.15) is 0 Å². The summed E-state index contributed by atoms with van der Waals surface area (Å²) in [4.78, 5) is 32.1. The molecule has 6 aliphatic carbocycles. The summed E-state index contributed by atoms with van der Waals surface area (Å²) in [6, 6.07) is 21.8. The van der Waals surface area contributed by atoms with Gasteiger partial charge in [0, 0.05) is 60.1 Å². The summed E-state index contributed by atoms with van der Waals surface area (Å²) in [7, 11) is 0. The summed E-state index contributed by atoms with van der Waals surface area (Å²) in [6.45, 7) is 7.91. The predicted octanol–water partition coefficient (Wildman–Crippen LogP) is 7.18. The van der Waals surface area contributed by atoms with Crippen LogP contribution in [0.3, 0.4) is 0 Å². The van der Waals surface area contributed by atoms with E-state index in [-0.39, 0.29) is 40.5 Å². The Morgan fingerprint density at radius 1 is 0.804 bits per heavy atom. The molecule has 1 saturated heterocycles. The van der Waals surface area contributed by atoms with Crippen molar-refractivity contribution in [3.05, 3.63) is 108 Å². The quantitative estimate of drug-likeness (QED) is 0.211. The highest BCUT2D eigenvalue weighted by Gasteiger charge is 2.74. The first-order valence-electron chi connectivity index (χ1n) is 19.1. The third-order valence-corrected chi connectivity index (χ3v) is 15.1. The molecule has 2 N–H and O–H groups in total. The fraction of sp³-hybridized carbons (Fsp3) is 0.500. The number of ketones is 1. The molecule has 1 aliphatic heterocycles. The van der Waals surface area contributed by atoms with Crippen molar-refractivity contribution in [1.29, 1.82) is 0 Å². The van der Waals surface area contributed by atoms with Crippen LogP contribution in [0.25, 0.3) is 11.1 Å². The van der Waals surface area contributed by atoms with Crippen molar-refractivity contribution < 1.29 is 24.2 Å². The standard InChI is InChI=1S/C44H50N2O5/c1-40-17-14-33(47)27-42(40)20-21-44(34(28-42)38(48)32-12-10-31(11-13-32)30-7-4-3-5-8-30)36(40)15-18-41(2)37(44)16-19-43(41,50)29-45-22-24-46(25-23-45)39(49)35-9-6-26-51-35/h3-13,20-21,26,28,33,36-37,47,50H,14-19,22-25,27,29H2,1-2H3. The van der Waals surface area contributed by atoms with Crippen molar-refractivity contribution in [2.45, 2.75) is 70.5 Å². The van der Waals surface area contributed by atoms with E-state index < -0.39 is 16.4 Å². The number of benzene rings is 2. The van der Waals surface area contributed by atoms with Gasteiger partial charge in [-0.1, -0.05) is 86.7 Å². The van der Waals surface area contributed by atoms with E-state index in [1.807, 2.05) is 35.2 Å². The van der Waals surface area contributed by atoms with Crippen molar-refractivity contribution in [2.75, 3.05) is 32.7 Å². The summed E-state index contributed by atoms with van der Waals surface area (Å²) in [5.74, 6) is 0.734. The van der Waals surface area contributed by atoms with Gasteiger partial charge in [0.15, 0.2) is 11.5 Å². The zero-order valence-electron chi connectivity index (χ0n) is 29.9. The lowest BCUT2D eigenvalue weighted by molar-refractivity contribution is -0.176. The highest BCUT2D eigenvalue weighted by Crippen LogP contribution is 2.78. The first kappa shape index (κ1) is 33.1. The van der Waals surface area contributed by atoms with Gasteiger partial charge in [0.1, 0.15) is 0 Å². The van der Waals surface area contributed by atoms with Crippen LogP contribution in [0.15, 0.2) is 101 Å². The van der Waals surface area contributed by atoms with E-state index in [2.05, 4.69) is 61.2 Å². The molecule has 4 fully saturated rings. The van der Waals surface area contributed by atoms with Gasteiger partial charge in [0.2, 0.25) is 0 Å². The highest BCUT2D eigenvalue weighted by molar-refractivity contribution is 6.10. The van der Waals surface area contributed by atoms with E-state index in [9.17, 15) is 15.0 Å². The molecule has 1 aromatic heterocycles. The summed E-state index contributed by atoms with van der Waals surface area (Å²) >= 11 is 0. The van der Waals surface area contributed by atoms with Crippen LogP contribution in [0, 0.1) is 33.5 Å². The number of allylic oxidation sites excluding steroid dienone is 4. The zero-order chi connectivity index (χ0) is 35.2. The fourth-order valence-corrected chi connectivity index (χ4v) is 12.2. The molecule has 266 valence electrons. The van der Waals surface area contributed by atoms with Crippen LogP contribution in [-0.4, -0.2) is 76.1 Å². The minimum Gasteiger partial charge on any atom is -0.459 e. The molecule has 1 amide bonds. The van der Waals surface area contributed by atoms with Crippen LogP contribution in [0.1, 0.15) is 79.7 Å². The number of β-amino-alcohol motifs (C(OH)–C–C–N with tert-alkyl or cyclic N) is 1. The van der Waals surface area contributed by atoms with Crippen molar-refractivity contribution in [3.63, 3.8) is 0 Å². The fourth-order valence-electron chi connectivity index (χ4n) is 12.2. The molecule has 10 rings (SSSR count). The Morgan fingerprint density at radius 3 is 2.22 bits per heavy atom. The topological polar surface area (TPSA) is 94.2 Å². The van der Waals surface area contributed by atoms with Gasteiger partial charge in [-0.15, -0.1) is 0 Å². The SMILES string of the molecule is CC12CCC(O)CC13C=CC1(C(C(=O)c4ccc(-c5ccccc5)cc4)=C3)C2CCC2(C)C1CCC2(O)CN1CCN(C(=O)c2ccco2)CC1.